The highest BCUT2D eigenvalue weighted by atomic mass is 19.4. The number of aliphatic carboxylic acids is 1. The first-order valence-corrected chi connectivity index (χ1v) is 10.4. The molecule has 1 aromatic heterocycles. The second kappa shape index (κ2) is 11.5. The van der Waals surface area contributed by atoms with Crippen LogP contribution in [0.1, 0.15) is 36.5 Å². The molecule has 0 aromatic carbocycles. The fraction of sp³-hybridized carbons (Fsp3) is 0.667. The summed E-state index contributed by atoms with van der Waals surface area (Å²) in [7, 11) is 1.55. The number of carbonyl (C=O) groups is 2. The van der Waals surface area contributed by atoms with Crippen molar-refractivity contribution in [2.75, 3.05) is 46.6 Å². The molecule has 0 radical (unpaired) electrons. The molecule has 1 aromatic rings. The summed E-state index contributed by atoms with van der Waals surface area (Å²) < 4.78 is 48.4. The fourth-order valence-corrected chi connectivity index (χ4v) is 4.07. The lowest BCUT2D eigenvalue weighted by Gasteiger charge is -2.49. The van der Waals surface area contributed by atoms with E-state index in [-0.39, 0.29) is 11.3 Å². The number of methoxy groups -OCH3 is 1. The second-order valence-electron chi connectivity index (χ2n) is 7.70. The van der Waals surface area contributed by atoms with Gasteiger partial charge in [-0.1, -0.05) is 0 Å². The molecule has 180 valence electrons. The van der Waals surface area contributed by atoms with Gasteiger partial charge in [0.2, 0.25) is 5.88 Å². The molecule has 2 saturated heterocycles. The molecule has 2 aliphatic rings. The van der Waals surface area contributed by atoms with Crippen molar-refractivity contribution >= 4 is 11.9 Å². The van der Waals surface area contributed by atoms with Crippen LogP contribution in [-0.2, 0) is 14.3 Å². The van der Waals surface area contributed by atoms with Crippen molar-refractivity contribution in [3.63, 3.8) is 0 Å². The van der Waals surface area contributed by atoms with Crippen molar-refractivity contribution < 1.29 is 42.1 Å². The van der Waals surface area contributed by atoms with Crippen LogP contribution in [0.15, 0.2) is 18.3 Å². The van der Waals surface area contributed by atoms with Gasteiger partial charge >= 0.3 is 12.1 Å². The van der Waals surface area contributed by atoms with E-state index in [1.165, 1.54) is 0 Å². The highest BCUT2D eigenvalue weighted by Gasteiger charge is 2.44. The summed E-state index contributed by atoms with van der Waals surface area (Å²) in [5, 5.41) is 7.12. The molecule has 2 fully saturated rings. The van der Waals surface area contributed by atoms with E-state index >= 15 is 0 Å². The molecule has 3 rings (SSSR count). The Morgan fingerprint density at radius 2 is 1.97 bits per heavy atom. The van der Waals surface area contributed by atoms with Crippen LogP contribution >= 0.6 is 0 Å². The third-order valence-electron chi connectivity index (χ3n) is 5.94. The van der Waals surface area contributed by atoms with Gasteiger partial charge in [0.05, 0.1) is 20.3 Å². The monoisotopic (exact) mass is 462 g/mol. The molecule has 32 heavy (non-hydrogen) atoms. The Morgan fingerprint density at radius 3 is 2.53 bits per heavy atom. The summed E-state index contributed by atoms with van der Waals surface area (Å²) in [4.78, 5) is 27.8. The third kappa shape index (κ3) is 6.55. The van der Waals surface area contributed by atoms with E-state index in [1.807, 2.05) is 11.8 Å². The number of aromatic nitrogens is 1. The van der Waals surface area contributed by atoms with E-state index in [2.05, 4.69) is 4.98 Å². The van der Waals surface area contributed by atoms with Crippen molar-refractivity contribution in [2.24, 2.45) is 11.3 Å². The third-order valence-corrected chi connectivity index (χ3v) is 5.94. The summed E-state index contributed by atoms with van der Waals surface area (Å²) in [6, 6.07) is 3.56. The van der Waals surface area contributed by atoms with Crippen LogP contribution in [0.2, 0.25) is 0 Å². The molecule has 8 nitrogen and oxygen atoms in total. The Labute approximate surface area is 184 Å². The lowest BCUT2D eigenvalue weighted by molar-refractivity contribution is -0.192. The molecule has 11 heteroatoms. The van der Waals surface area contributed by atoms with Gasteiger partial charge in [-0.05, 0) is 43.7 Å². The lowest BCUT2D eigenvalue weighted by Crippen LogP contribution is -2.50. The van der Waals surface area contributed by atoms with Gasteiger partial charge in [-0.3, -0.25) is 4.79 Å². The number of hydrogen-bond acceptors (Lipinski definition) is 6. The zero-order valence-corrected chi connectivity index (χ0v) is 18.2. The molecule has 3 heterocycles. The Hall–Kier alpha value is -2.40. The number of amides is 1. The number of ether oxygens (including phenoxy) is 3. The molecule has 1 N–H and O–H groups in total. The SMILES string of the molecule is CCOCC1COCCC12CCN(C(=O)c1cccnc1OC)CC2.O=C(O)C(F)(F)F. The number of carboxylic acids is 1. The molecule has 0 bridgehead atoms. The Morgan fingerprint density at radius 1 is 1.31 bits per heavy atom. The van der Waals surface area contributed by atoms with E-state index in [1.54, 1.807) is 25.4 Å². The zero-order valence-electron chi connectivity index (χ0n) is 18.2. The molecule has 0 saturated carbocycles. The number of halogens is 3. The molecule has 2 aliphatic heterocycles. The van der Waals surface area contributed by atoms with Gasteiger partial charge in [-0.2, -0.15) is 13.2 Å². The Bertz CT molecular complexity index is 766. The first kappa shape index (κ1) is 25.9. The van der Waals surface area contributed by atoms with Crippen LogP contribution in [-0.4, -0.2) is 79.7 Å². The van der Waals surface area contributed by atoms with Gasteiger partial charge in [0, 0.05) is 38.4 Å². The molecule has 1 atom stereocenters. The van der Waals surface area contributed by atoms with Gasteiger partial charge in [-0.25, -0.2) is 9.78 Å². The van der Waals surface area contributed by atoms with Gasteiger partial charge in [0.15, 0.2) is 0 Å². The lowest BCUT2D eigenvalue weighted by atomic mass is 9.66. The summed E-state index contributed by atoms with van der Waals surface area (Å²) in [5.41, 5.74) is 0.780. The van der Waals surface area contributed by atoms with Crippen molar-refractivity contribution in [1.82, 2.24) is 9.88 Å². The fourth-order valence-electron chi connectivity index (χ4n) is 4.07. The zero-order chi connectivity index (χ0) is 23.8. The van der Waals surface area contributed by atoms with Gasteiger partial charge in [0.25, 0.3) is 5.91 Å². The highest BCUT2D eigenvalue weighted by molar-refractivity contribution is 5.96. The van der Waals surface area contributed by atoms with Crippen LogP contribution < -0.4 is 4.74 Å². The van der Waals surface area contributed by atoms with E-state index in [4.69, 9.17) is 24.1 Å². The van der Waals surface area contributed by atoms with Crippen molar-refractivity contribution in [1.29, 1.82) is 0 Å². The average molecular weight is 462 g/mol. The number of likely N-dealkylation sites (tertiary alicyclic amines) is 1. The number of carbonyl (C=O) groups excluding carboxylic acids is 1. The minimum atomic E-state index is -5.08. The van der Waals surface area contributed by atoms with Gasteiger partial charge in [0.1, 0.15) is 5.56 Å². The summed E-state index contributed by atoms with van der Waals surface area (Å²) >= 11 is 0. The van der Waals surface area contributed by atoms with E-state index < -0.39 is 12.1 Å². The molecule has 1 amide bonds. The predicted molar refractivity (Wildman–Crippen MR) is 107 cm³/mol. The van der Waals surface area contributed by atoms with Gasteiger partial charge in [-0.15, -0.1) is 0 Å². The molecule has 1 unspecified atom stereocenters. The molecular weight excluding hydrogens is 433 g/mol. The minimum Gasteiger partial charge on any atom is -0.480 e. The summed E-state index contributed by atoms with van der Waals surface area (Å²) in [5.74, 6) is -1.93. The van der Waals surface area contributed by atoms with Crippen LogP contribution in [0.25, 0.3) is 0 Å². The van der Waals surface area contributed by atoms with Crippen LogP contribution in [0.5, 0.6) is 5.88 Å². The van der Waals surface area contributed by atoms with Crippen LogP contribution in [0.3, 0.4) is 0 Å². The standard InChI is InChI=1S/C19H28N2O4.C2HF3O2/c1-3-24-13-15-14-25-12-8-19(15)6-10-21(11-7-19)18(22)16-5-4-9-20-17(16)23-2;3-2(4,5)1(6)7/h4-5,9,15H,3,6-8,10-14H2,1-2H3;(H,6,7). The maximum Gasteiger partial charge on any atom is 0.490 e. The van der Waals surface area contributed by atoms with E-state index in [0.717, 1.165) is 58.8 Å². The Balaban J connectivity index is 0.000000451. The van der Waals surface area contributed by atoms with E-state index in [0.29, 0.717) is 17.4 Å². The first-order valence-electron chi connectivity index (χ1n) is 10.4. The smallest absolute Gasteiger partial charge is 0.480 e. The topological polar surface area (TPSA) is 98.2 Å². The number of piperidine rings is 1. The maximum atomic E-state index is 12.9. The van der Waals surface area contributed by atoms with Crippen LogP contribution in [0, 0.1) is 11.3 Å². The maximum absolute atomic E-state index is 12.9. The minimum absolute atomic E-state index is 0.00761. The van der Waals surface area contributed by atoms with Gasteiger partial charge < -0.3 is 24.2 Å². The predicted octanol–water partition coefficient (Wildman–Crippen LogP) is 3.02. The second-order valence-corrected chi connectivity index (χ2v) is 7.70. The molecule has 1 spiro atoms. The van der Waals surface area contributed by atoms with Crippen molar-refractivity contribution in [3.8, 4) is 5.88 Å². The normalized spacial score (nSPS) is 20.3. The largest absolute Gasteiger partial charge is 0.490 e. The number of pyridine rings is 1. The first-order chi connectivity index (χ1) is 15.1. The number of nitrogens with zero attached hydrogens (tertiary/aromatic N) is 2. The Kier molecular flexibility index (Phi) is 9.26. The summed E-state index contributed by atoms with van der Waals surface area (Å²) in [6.45, 7) is 6.62. The number of rotatable bonds is 5. The quantitative estimate of drug-likeness (QED) is 0.718. The van der Waals surface area contributed by atoms with Crippen molar-refractivity contribution in [2.45, 2.75) is 32.4 Å². The number of carboxylic acid groups (broad SMARTS) is 1. The highest BCUT2D eigenvalue weighted by Crippen LogP contribution is 2.45. The number of alkyl halides is 3. The molecule has 0 aliphatic carbocycles. The van der Waals surface area contributed by atoms with E-state index in [9.17, 15) is 18.0 Å². The number of hydrogen-bond donors (Lipinski definition) is 1. The molecular formula is C21H29F3N2O6. The summed E-state index contributed by atoms with van der Waals surface area (Å²) in [6.07, 6.45) is -0.380. The van der Waals surface area contributed by atoms with Crippen LogP contribution in [0.4, 0.5) is 13.2 Å². The van der Waals surface area contributed by atoms with Crippen molar-refractivity contribution in [3.05, 3.63) is 23.9 Å². The average Bonchev–Trinajstić information content (AvgIpc) is 2.78.